The fourth-order valence-corrected chi connectivity index (χ4v) is 1.76. The summed E-state index contributed by atoms with van der Waals surface area (Å²) in [7, 11) is 3.85. The first kappa shape index (κ1) is 17.7. The predicted molar refractivity (Wildman–Crippen MR) is 86.6 cm³/mol. The van der Waals surface area contributed by atoms with Crippen LogP contribution < -0.4 is 15.8 Å². The number of amides is 1. The van der Waals surface area contributed by atoms with E-state index in [1.54, 1.807) is 25.1 Å². The highest BCUT2D eigenvalue weighted by molar-refractivity contribution is 5.94. The van der Waals surface area contributed by atoms with Crippen LogP contribution in [-0.2, 0) is 9.53 Å². The molecule has 6 nitrogen and oxygen atoms in total. The van der Waals surface area contributed by atoms with Gasteiger partial charge in [-0.25, -0.2) is 5.43 Å². The maximum Gasteiger partial charge on any atom is 0.325 e. The molecule has 0 fully saturated rings. The maximum atomic E-state index is 12.0. The van der Waals surface area contributed by atoms with Crippen molar-refractivity contribution in [3.8, 4) is 0 Å². The van der Waals surface area contributed by atoms with Crippen molar-refractivity contribution in [1.82, 2.24) is 10.9 Å². The molecule has 0 bridgehead atoms. The van der Waals surface area contributed by atoms with Gasteiger partial charge in [-0.05, 0) is 37.6 Å². The molecule has 0 saturated carbocycles. The van der Waals surface area contributed by atoms with Gasteiger partial charge in [0, 0.05) is 25.3 Å². The van der Waals surface area contributed by atoms with Crippen LogP contribution in [0.25, 0.3) is 0 Å². The first-order valence-corrected chi connectivity index (χ1v) is 7.10. The molecule has 0 aliphatic rings. The lowest BCUT2D eigenvalue weighted by atomic mass is 10.2. The van der Waals surface area contributed by atoms with Crippen LogP contribution in [0, 0.1) is 0 Å². The monoisotopic (exact) mass is 305 g/mol. The molecular formula is C16H23N3O3. The van der Waals surface area contributed by atoms with Crippen LogP contribution in [0.4, 0.5) is 5.69 Å². The Labute approximate surface area is 131 Å². The maximum absolute atomic E-state index is 12.0. The Kier molecular flexibility index (Phi) is 7.12. The first-order valence-electron chi connectivity index (χ1n) is 7.10. The molecule has 6 heteroatoms. The van der Waals surface area contributed by atoms with Crippen molar-refractivity contribution in [2.75, 3.05) is 25.6 Å². The van der Waals surface area contributed by atoms with Crippen molar-refractivity contribution < 1.29 is 14.3 Å². The molecule has 0 aromatic heterocycles. The fraction of sp³-hybridized carbons (Fsp3) is 0.375. The number of hydrogen-bond donors (Lipinski definition) is 2. The Hall–Kier alpha value is -2.34. The number of nitrogens with one attached hydrogen (secondary N) is 2. The summed E-state index contributed by atoms with van der Waals surface area (Å²) in [6, 6.07) is 6.49. The van der Waals surface area contributed by atoms with Crippen molar-refractivity contribution >= 4 is 17.6 Å². The van der Waals surface area contributed by atoms with Crippen LogP contribution in [0.1, 0.15) is 23.7 Å². The Morgan fingerprint density at radius 2 is 1.95 bits per heavy atom. The summed E-state index contributed by atoms with van der Waals surface area (Å²) in [5.41, 5.74) is 6.71. The van der Waals surface area contributed by atoms with Crippen molar-refractivity contribution in [3.05, 3.63) is 42.5 Å². The molecule has 22 heavy (non-hydrogen) atoms. The minimum Gasteiger partial charge on any atom is -0.465 e. The van der Waals surface area contributed by atoms with Crippen LogP contribution in [0.15, 0.2) is 36.9 Å². The summed E-state index contributed by atoms with van der Waals surface area (Å²) < 4.78 is 4.93. The van der Waals surface area contributed by atoms with Gasteiger partial charge < -0.3 is 9.64 Å². The number of ether oxygens (including phenoxy) is 1. The Balaban J connectivity index is 2.62. The molecule has 2 N–H and O–H groups in total. The number of carbonyl (C=O) groups is 2. The van der Waals surface area contributed by atoms with Crippen LogP contribution in [0.2, 0.25) is 0 Å². The van der Waals surface area contributed by atoms with Gasteiger partial charge in [-0.2, -0.15) is 0 Å². The zero-order chi connectivity index (χ0) is 16.5. The number of anilines is 1. The number of carbonyl (C=O) groups excluding carboxylic acids is 2. The predicted octanol–water partition coefficient (Wildman–Crippen LogP) is 1.49. The van der Waals surface area contributed by atoms with Gasteiger partial charge in [0.25, 0.3) is 5.91 Å². The normalized spacial score (nSPS) is 11.4. The standard InChI is InChI=1S/C16H23N3O3/c1-5-7-14(16(21)22-6-2)17-18-15(20)12-8-10-13(11-9-12)19(3)4/h5,8-11,14,17H,1,6-7H2,2-4H3,(H,18,20)/t14-/m1/s1. The summed E-state index contributed by atoms with van der Waals surface area (Å²) in [6.07, 6.45) is 1.95. The zero-order valence-corrected chi connectivity index (χ0v) is 13.3. The van der Waals surface area contributed by atoms with E-state index in [0.717, 1.165) is 5.69 Å². The molecule has 1 atom stereocenters. The van der Waals surface area contributed by atoms with Crippen LogP contribution in [0.3, 0.4) is 0 Å². The van der Waals surface area contributed by atoms with Gasteiger partial charge >= 0.3 is 5.97 Å². The minimum atomic E-state index is -0.651. The topological polar surface area (TPSA) is 70.7 Å². The third-order valence-electron chi connectivity index (χ3n) is 2.98. The molecule has 0 spiro atoms. The lowest BCUT2D eigenvalue weighted by Crippen LogP contribution is -2.48. The summed E-state index contributed by atoms with van der Waals surface area (Å²) in [4.78, 5) is 25.7. The molecule has 0 radical (unpaired) electrons. The van der Waals surface area contributed by atoms with E-state index in [1.807, 2.05) is 31.1 Å². The Morgan fingerprint density at radius 3 is 2.45 bits per heavy atom. The quantitative estimate of drug-likeness (QED) is 0.433. The summed E-state index contributed by atoms with van der Waals surface area (Å²) in [6.45, 7) is 5.61. The molecular weight excluding hydrogens is 282 g/mol. The lowest BCUT2D eigenvalue weighted by molar-refractivity contribution is -0.145. The van der Waals surface area contributed by atoms with Gasteiger partial charge in [0.2, 0.25) is 0 Å². The lowest BCUT2D eigenvalue weighted by Gasteiger charge is -2.17. The highest BCUT2D eigenvalue weighted by Gasteiger charge is 2.18. The second kappa shape index (κ2) is 8.84. The summed E-state index contributed by atoms with van der Waals surface area (Å²) >= 11 is 0. The number of hydrazine groups is 1. The number of benzene rings is 1. The molecule has 0 aliphatic carbocycles. The number of hydrogen-bond acceptors (Lipinski definition) is 5. The van der Waals surface area contributed by atoms with Crippen molar-refractivity contribution in [2.45, 2.75) is 19.4 Å². The van der Waals surface area contributed by atoms with Crippen molar-refractivity contribution in [1.29, 1.82) is 0 Å². The molecule has 0 saturated heterocycles. The van der Waals surface area contributed by atoms with E-state index < -0.39 is 12.0 Å². The number of esters is 1. The summed E-state index contributed by atoms with van der Waals surface area (Å²) in [5, 5.41) is 0. The van der Waals surface area contributed by atoms with E-state index in [4.69, 9.17) is 4.74 Å². The number of rotatable bonds is 8. The van der Waals surface area contributed by atoms with Gasteiger partial charge in [-0.1, -0.05) is 6.08 Å². The van der Waals surface area contributed by atoms with Gasteiger partial charge in [-0.15, -0.1) is 6.58 Å². The van der Waals surface area contributed by atoms with E-state index in [-0.39, 0.29) is 12.5 Å². The van der Waals surface area contributed by atoms with E-state index in [2.05, 4.69) is 17.4 Å². The molecule has 0 heterocycles. The molecule has 120 valence electrons. The van der Waals surface area contributed by atoms with E-state index >= 15 is 0 Å². The van der Waals surface area contributed by atoms with E-state index in [9.17, 15) is 9.59 Å². The average Bonchev–Trinajstić information content (AvgIpc) is 2.51. The second-order valence-corrected chi connectivity index (χ2v) is 4.87. The summed E-state index contributed by atoms with van der Waals surface area (Å²) in [5.74, 6) is -0.741. The van der Waals surface area contributed by atoms with Crippen molar-refractivity contribution in [3.63, 3.8) is 0 Å². The van der Waals surface area contributed by atoms with Crippen LogP contribution >= 0.6 is 0 Å². The van der Waals surface area contributed by atoms with Gasteiger partial charge in [0.15, 0.2) is 0 Å². The number of nitrogens with zero attached hydrogens (tertiary/aromatic N) is 1. The van der Waals surface area contributed by atoms with Crippen LogP contribution in [-0.4, -0.2) is 38.6 Å². The highest BCUT2D eigenvalue weighted by Crippen LogP contribution is 2.11. The molecule has 0 aliphatic heterocycles. The zero-order valence-electron chi connectivity index (χ0n) is 13.3. The molecule has 1 aromatic carbocycles. The fourth-order valence-electron chi connectivity index (χ4n) is 1.76. The van der Waals surface area contributed by atoms with Gasteiger partial charge in [-0.3, -0.25) is 15.0 Å². The van der Waals surface area contributed by atoms with Gasteiger partial charge in [0.1, 0.15) is 6.04 Å². The smallest absolute Gasteiger partial charge is 0.325 e. The Morgan fingerprint density at radius 1 is 1.32 bits per heavy atom. The SMILES string of the molecule is C=CC[C@@H](NNC(=O)c1ccc(N(C)C)cc1)C(=O)OCC. The minimum absolute atomic E-state index is 0.286. The second-order valence-electron chi connectivity index (χ2n) is 4.87. The largest absolute Gasteiger partial charge is 0.465 e. The molecule has 1 aromatic rings. The third-order valence-corrected chi connectivity index (χ3v) is 2.98. The van der Waals surface area contributed by atoms with E-state index in [1.165, 1.54) is 0 Å². The molecule has 1 rings (SSSR count). The van der Waals surface area contributed by atoms with Gasteiger partial charge in [0.05, 0.1) is 6.61 Å². The Bertz CT molecular complexity index is 512. The van der Waals surface area contributed by atoms with E-state index in [0.29, 0.717) is 12.0 Å². The van der Waals surface area contributed by atoms with Crippen molar-refractivity contribution in [2.24, 2.45) is 0 Å². The molecule has 1 amide bonds. The van der Waals surface area contributed by atoms with Crippen LogP contribution in [0.5, 0.6) is 0 Å². The average molecular weight is 305 g/mol. The first-order chi connectivity index (χ1) is 10.5. The third kappa shape index (κ3) is 5.21. The highest BCUT2D eigenvalue weighted by atomic mass is 16.5. The molecule has 0 unspecified atom stereocenters.